The van der Waals surface area contributed by atoms with Crippen LogP contribution in [0.15, 0.2) is 4.99 Å². The van der Waals surface area contributed by atoms with Crippen LogP contribution >= 0.6 is 0 Å². The molecule has 0 aromatic heterocycles. The van der Waals surface area contributed by atoms with Gasteiger partial charge in [0.25, 0.3) is 0 Å². The second-order valence-electron chi connectivity index (χ2n) is 5.38. The highest BCUT2D eigenvalue weighted by atomic mass is 15.4. The van der Waals surface area contributed by atoms with Crippen molar-refractivity contribution >= 4 is 5.96 Å². The maximum Gasteiger partial charge on any atom is 0.208 e. The molecule has 17 heavy (non-hydrogen) atoms. The summed E-state index contributed by atoms with van der Waals surface area (Å²) < 4.78 is 0. The number of hydrogen-bond donors (Lipinski definition) is 2. The predicted octanol–water partition coefficient (Wildman–Crippen LogP) is 2.11. The summed E-state index contributed by atoms with van der Waals surface area (Å²) in [5.74, 6) is 7.31. The highest BCUT2D eigenvalue weighted by molar-refractivity contribution is 5.79. The molecule has 1 fully saturated rings. The Labute approximate surface area is 106 Å². The van der Waals surface area contributed by atoms with E-state index in [1.807, 2.05) is 0 Å². The molecule has 3 N–H and O–H groups in total. The van der Waals surface area contributed by atoms with E-state index in [0.29, 0.717) is 6.04 Å². The van der Waals surface area contributed by atoms with Crippen molar-refractivity contribution in [2.75, 3.05) is 7.05 Å². The van der Waals surface area contributed by atoms with Gasteiger partial charge in [-0.1, -0.05) is 13.3 Å². The number of nitrogens with two attached hydrogens (primary N) is 1. The molecule has 4 nitrogen and oxygen atoms in total. The van der Waals surface area contributed by atoms with Gasteiger partial charge in [-0.25, -0.2) is 10.8 Å². The van der Waals surface area contributed by atoms with Crippen LogP contribution in [0.3, 0.4) is 0 Å². The Bertz CT molecular complexity index is 242. The summed E-state index contributed by atoms with van der Waals surface area (Å²) in [6.07, 6.45) is 6.51. The first-order chi connectivity index (χ1) is 8.08. The Hall–Kier alpha value is -0.770. The van der Waals surface area contributed by atoms with E-state index >= 15 is 0 Å². The van der Waals surface area contributed by atoms with Crippen molar-refractivity contribution in [2.24, 2.45) is 16.8 Å². The van der Waals surface area contributed by atoms with Crippen LogP contribution in [0.25, 0.3) is 0 Å². The van der Waals surface area contributed by atoms with E-state index in [1.165, 1.54) is 32.1 Å². The van der Waals surface area contributed by atoms with Gasteiger partial charge in [-0.05, 0) is 45.4 Å². The summed E-state index contributed by atoms with van der Waals surface area (Å²) in [4.78, 5) is 6.73. The fourth-order valence-electron chi connectivity index (χ4n) is 2.59. The van der Waals surface area contributed by atoms with Gasteiger partial charge in [0.15, 0.2) is 0 Å². The molecule has 0 unspecified atom stereocenters. The molecule has 1 rings (SSSR count). The predicted molar refractivity (Wildman–Crippen MR) is 73.7 cm³/mol. The van der Waals surface area contributed by atoms with Crippen LogP contribution in [0.2, 0.25) is 0 Å². The summed E-state index contributed by atoms with van der Waals surface area (Å²) in [7, 11) is 2.10. The first-order valence-corrected chi connectivity index (χ1v) is 6.85. The minimum atomic E-state index is 0.274. The Morgan fingerprint density at radius 3 is 2.35 bits per heavy atom. The monoisotopic (exact) mass is 240 g/mol. The zero-order chi connectivity index (χ0) is 12.8. The van der Waals surface area contributed by atoms with Crippen molar-refractivity contribution in [1.82, 2.24) is 10.3 Å². The lowest BCUT2D eigenvalue weighted by molar-refractivity contribution is 0.222. The number of guanidine groups is 1. The van der Waals surface area contributed by atoms with Crippen molar-refractivity contribution in [2.45, 2.75) is 65.0 Å². The van der Waals surface area contributed by atoms with Crippen LogP contribution in [-0.2, 0) is 0 Å². The first-order valence-electron chi connectivity index (χ1n) is 6.85. The number of hydrogen-bond acceptors (Lipinski definition) is 2. The van der Waals surface area contributed by atoms with Gasteiger partial charge in [0.1, 0.15) is 0 Å². The molecule has 1 aliphatic carbocycles. The van der Waals surface area contributed by atoms with E-state index < -0.39 is 0 Å². The molecule has 0 bridgehead atoms. The van der Waals surface area contributed by atoms with Gasteiger partial charge in [-0.15, -0.1) is 0 Å². The Kier molecular flexibility index (Phi) is 5.75. The molecule has 0 aromatic rings. The third kappa shape index (κ3) is 4.19. The number of aliphatic imine (C=N–C) groups is 1. The molecule has 0 spiro atoms. The van der Waals surface area contributed by atoms with Crippen LogP contribution in [0.1, 0.15) is 52.9 Å². The van der Waals surface area contributed by atoms with E-state index in [1.54, 1.807) is 0 Å². The van der Waals surface area contributed by atoms with Crippen LogP contribution in [0.4, 0.5) is 0 Å². The zero-order valence-electron chi connectivity index (χ0n) is 11.7. The average molecular weight is 240 g/mol. The molecule has 0 amide bonds. The standard InChI is InChI=1S/C13H28N4/c1-5-11-6-8-12(9-7-11)17(4)13(16-14)15-10(2)3/h10-12H,5-9,14H2,1-4H3,(H,15,16). The smallest absolute Gasteiger partial charge is 0.208 e. The van der Waals surface area contributed by atoms with Gasteiger partial charge < -0.3 is 4.90 Å². The van der Waals surface area contributed by atoms with Crippen molar-refractivity contribution in [3.05, 3.63) is 0 Å². The number of nitrogens with one attached hydrogen (secondary N) is 1. The molecule has 0 atom stereocenters. The van der Waals surface area contributed by atoms with Crippen molar-refractivity contribution in [3.8, 4) is 0 Å². The van der Waals surface area contributed by atoms with E-state index in [-0.39, 0.29) is 6.04 Å². The van der Waals surface area contributed by atoms with Gasteiger partial charge in [-0.2, -0.15) is 0 Å². The summed E-state index contributed by atoms with van der Waals surface area (Å²) in [6.45, 7) is 6.43. The molecule has 0 heterocycles. The first kappa shape index (κ1) is 14.3. The highest BCUT2D eigenvalue weighted by Gasteiger charge is 2.24. The number of hydrazine groups is 1. The van der Waals surface area contributed by atoms with Crippen LogP contribution in [-0.4, -0.2) is 30.0 Å². The summed E-state index contributed by atoms with van der Waals surface area (Å²) >= 11 is 0. The highest BCUT2D eigenvalue weighted by Crippen LogP contribution is 2.28. The second kappa shape index (κ2) is 6.84. The lowest BCUT2D eigenvalue weighted by atomic mass is 9.84. The molecule has 0 aromatic carbocycles. The lowest BCUT2D eigenvalue weighted by Crippen LogP contribution is -2.48. The van der Waals surface area contributed by atoms with E-state index in [0.717, 1.165) is 11.9 Å². The van der Waals surface area contributed by atoms with E-state index in [4.69, 9.17) is 5.84 Å². The molecule has 0 aliphatic heterocycles. The lowest BCUT2D eigenvalue weighted by Gasteiger charge is -2.36. The maximum absolute atomic E-state index is 5.56. The van der Waals surface area contributed by atoms with Crippen molar-refractivity contribution < 1.29 is 0 Å². The van der Waals surface area contributed by atoms with Gasteiger partial charge in [0, 0.05) is 19.1 Å². The SMILES string of the molecule is CCC1CCC(N(C)C(=NC(C)C)NN)CC1. The Balaban J connectivity index is 2.55. The van der Waals surface area contributed by atoms with Gasteiger partial charge in [0.2, 0.25) is 5.96 Å². The molecule has 0 saturated heterocycles. The molecule has 1 aliphatic rings. The topological polar surface area (TPSA) is 53.6 Å². The minimum Gasteiger partial charge on any atom is -0.342 e. The minimum absolute atomic E-state index is 0.274. The fourth-order valence-corrected chi connectivity index (χ4v) is 2.59. The summed E-state index contributed by atoms with van der Waals surface area (Å²) in [5.41, 5.74) is 2.73. The summed E-state index contributed by atoms with van der Waals surface area (Å²) in [5, 5.41) is 0. The van der Waals surface area contributed by atoms with Gasteiger partial charge >= 0.3 is 0 Å². The average Bonchev–Trinajstić information content (AvgIpc) is 2.35. The number of nitrogens with zero attached hydrogens (tertiary/aromatic N) is 2. The largest absolute Gasteiger partial charge is 0.342 e. The molecule has 4 heteroatoms. The van der Waals surface area contributed by atoms with E-state index in [9.17, 15) is 0 Å². The van der Waals surface area contributed by atoms with Gasteiger partial charge in [-0.3, -0.25) is 5.43 Å². The summed E-state index contributed by atoms with van der Waals surface area (Å²) in [6, 6.07) is 0.863. The van der Waals surface area contributed by atoms with Crippen LogP contribution in [0.5, 0.6) is 0 Å². The third-order valence-electron chi connectivity index (χ3n) is 3.79. The van der Waals surface area contributed by atoms with Crippen molar-refractivity contribution in [3.63, 3.8) is 0 Å². The fraction of sp³-hybridized carbons (Fsp3) is 0.923. The van der Waals surface area contributed by atoms with Crippen LogP contribution in [0, 0.1) is 5.92 Å². The Morgan fingerprint density at radius 1 is 1.35 bits per heavy atom. The number of rotatable bonds is 3. The van der Waals surface area contributed by atoms with E-state index in [2.05, 4.69) is 43.1 Å². The Morgan fingerprint density at radius 2 is 1.94 bits per heavy atom. The molecular weight excluding hydrogens is 212 g/mol. The van der Waals surface area contributed by atoms with Crippen molar-refractivity contribution in [1.29, 1.82) is 0 Å². The molecular formula is C13H28N4. The van der Waals surface area contributed by atoms with Crippen LogP contribution < -0.4 is 11.3 Å². The molecule has 100 valence electrons. The van der Waals surface area contributed by atoms with Gasteiger partial charge in [0.05, 0.1) is 0 Å². The quantitative estimate of drug-likeness (QED) is 0.344. The normalized spacial score (nSPS) is 26.1. The second-order valence-corrected chi connectivity index (χ2v) is 5.38. The molecule has 1 saturated carbocycles. The molecule has 0 radical (unpaired) electrons. The maximum atomic E-state index is 5.56. The third-order valence-corrected chi connectivity index (χ3v) is 3.79. The zero-order valence-corrected chi connectivity index (χ0v) is 11.7.